The number of rotatable bonds is 8. The summed E-state index contributed by atoms with van der Waals surface area (Å²) in [4.78, 5) is 15.4. The van der Waals surface area contributed by atoms with Crippen LogP contribution in [0.5, 0.6) is 11.5 Å². The SMILES string of the molecule is CCOc1ccc(C(=O)N2CCC(Cc3ccccc3)CC2)cc1COc1cccc2ccccc12. The molecule has 0 atom stereocenters. The highest BCUT2D eigenvalue weighted by molar-refractivity contribution is 5.94. The molecule has 1 aliphatic rings. The van der Waals surface area contributed by atoms with E-state index in [4.69, 9.17) is 9.47 Å². The molecule has 0 aliphatic carbocycles. The van der Waals surface area contributed by atoms with Crippen LogP contribution in [-0.2, 0) is 13.0 Å². The van der Waals surface area contributed by atoms with E-state index in [0.29, 0.717) is 24.7 Å². The normalized spacial score (nSPS) is 14.1. The summed E-state index contributed by atoms with van der Waals surface area (Å²) >= 11 is 0. The molecule has 0 bridgehead atoms. The van der Waals surface area contributed by atoms with Crippen LogP contribution in [0.1, 0.15) is 41.3 Å². The summed E-state index contributed by atoms with van der Waals surface area (Å²) in [5.74, 6) is 2.30. The Hall–Kier alpha value is -3.79. The van der Waals surface area contributed by atoms with Gasteiger partial charge >= 0.3 is 0 Å². The predicted molar refractivity (Wildman–Crippen MR) is 145 cm³/mol. The van der Waals surface area contributed by atoms with E-state index in [9.17, 15) is 4.79 Å². The van der Waals surface area contributed by atoms with E-state index in [1.165, 1.54) is 5.56 Å². The monoisotopic (exact) mass is 479 g/mol. The van der Waals surface area contributed by atoms with Gasteiger partial charge in [0.1, 0.15) is 18.1 Å². The van der Waals surface area contributed by atoms with Crippen LogP contribution < -0.4 is 9.47 Å². The second kappa shape index (κ2) is 11.3. The topological polar surface area (TPSA) is 38.8 Å². The van der Waals surface area contributed by atoms with Crippen molar-refractivity contribution in [2.75, 3.05) is 19.7 Å². The lowest BCUT2D eigenvalue weighted by Crippen LogP contribution is -2.39. The number of carbonyl (C=O) groups is 1. The van der Waals surface area contributed by atoms with Gasteiger partial charge in [0, 0.05) is 29.6 Å². The van der Waals surface area contributed by atoms with Gasteiger partial charge in [0.25, 0.3) is 5.91 Å². The highest BCUT2D eigenvalue weighted by Crippen LogP contribution is 2.29. The van der Waals surface area contributed by atoms with Gasteiger partial charge in [-0.3, -0.25) is 4.79 Å². The first-order chi connectivity index (χ1) is 17.7. The van der Waals surface area contributed by atoms with Crippen LogP contribution >= 0.6 is 0 Å². The lowest BCUT2D eigenvalue weighted by atomic mass is 9.90. The number of ether oxygens (including phenoxy) is 2. The number of hydrogen-bond acceptors (Lipinski definition) is 3. The van der Waals surface area contributed by atoms with Crippen molar-refractivity contribution < 1.29 is 14.3 Å². The Balaban J connectivity index is 1.27. The van der Waals surface area contributed by atoms with Gasteiger partial charge in [0.15, 0.2) is 0 Å². The number of benzene rings is 4. The van der Waals surface area contributed by atoms with Crippen LogP contribution in [0.25, 0.3) is 10.8 Å². The van der Waals surface area contributed by atoms with Crippen LogP contribution in [0.3, 0.4) is 0 Å². The molecular formula is C32H33NO3. The minimum atomic E-state index is 0.0858. The Morgan fingerprint density at radius 1 is 0.833 bits per heavy atom. The van der Waals surface area contributed by atoms with Gasteiger partial charge in [-0.05, 0) is 67.3 Å². The molecule has 0 unspecified atom stereocenters. The zero-order valence-electron chi connectivity index (χ0n) is 20.9. The third kappa shape index (κ3) is 5.54. The van der Waals surface area contributed by atoms with Crippen molar-refractivity contribution in [2.45, 2.75) is 32.8 Å². The molecule has 4 nitrogen and oxygen atoms in total. The van der Waals surface area contributed by atoms with E-state index in [1.807, 2.05) is 54.3 Å². The molecule has 0 saturated carbocycles. The zero-order valence-corrected chi connectivity index (χ0v) is 20.9. The van der Waals surface area contributed by atoms with E-state index >= 15 is 0 Å². The summed E-state index contributed by atoms with van der Waals surface area (Å²) in [5, 5.41) is 2.21. The summed E-state index contributed by atoms with van der Waals surface area (Å²) in [6.07, 6.45) is 3.16. The van der Waals surface area contributed by atoms with Crippen molar-refractivity contribution in [3.63, 3.8) is 0 Å². The first kappa shape index (κ1) is 23.9. The molecule has 5 rings (SSSR count). The summed E-state index contributed by atoms with van der Waals surface area (Å²) in [7, 11) is 0. The van der Waals surface area contributed by atoms with Gasteiger partial charge in [-0.1, -0.05) is 66.7 Å². The van der Waals surface area contributed by atoms with Gasteiger partial charge < -0.3 is 14.4 Å². The second-order valence-electron chi connectivity index (χ2n) is 9.45. The van der Waals surface area contributed by atoms with Crippen molar-refractivity contribution in [1.29, 1.82) is 0 Å². The molecule has 1 heterocycles. The van der Waals surface area contributed by atoms with Crippen LogP contribution in [0, 0.1) is 5.92 Å². The summed E-state index contributed by atoms with van der Waals surface area (Å²) in [6.45, 7) is 4.46. The number of likely N-dealkylation sites (tertiary alicyclic amines) is 1. The quantitative estimate of drug-likeness (QED) is 0.276. The zero-order chi connectivity index (χ0) is 24.7. The standard InChI is InChI=1S/C32H33NO3/c1-2-35-30-16-15-27(22-28(30)23-36-31-14-8-12-26-11-6-7-13-29(26)31)32(34)33-19-17-25(18-20-33)21-24-9-4-3-5-10-24/h3-16,22,25H,2,17-21,23H2,1H3. The molecule has 0 aromatic heterocycles. The fourth-order valence-electron chi connectivity index (χ4n) is 5.07. The van der Waals surface area contributed by atoms with Gasteiger partial charge in [0.2, 0.25) is 0 Å². The summed E-state index contributed by atoms with van der Waals surface area (Å²) in [6, 6.07) is 30.6. The van der Waals surface area contributed by atoms with Crippen molar-refractivity contribution in [2.24, 2.45) is 5.92 Å². The summed E-state index contributed by atoms with van der Waals surface area (Å²) < 4.78 is 12.1. The van der Waals surface area contributed by atoms with E-state index in [2.05, 4.69) is 48.5 Å². The maximum absolute atomic E-state index is 13.4. The molecule has 1 fully saturated rings. The molecule has 0 radical (unpaired) electrons. The Labute approximate surface area is 213 Å². The minimum absolute atomic E-state index is 0.0858. The number of hydrogen-bond donors (Lipinski definition) is 0. The Kier molecular flexibility index (Phi) is 7.51. The molecular weight excluding hydrogens is 446 g/mol. The van der Waals surface area contributed by atoms with Gasteiger partial charge in [-0.15, -0.1) is 0 Å². The van der Waals surface area contributed by atoms with Crippen LogP contribution in [-0.4, -0.2) is 30.5 Å². The lowest BCUT2D eigenvalue weighted by molar-refractivity contribution is 0.0690. The fourth-order valence-corrected chi connectivity index (χ4v) is 5.07. The van der Waals surface area contributed by atoms with E-state index < -0.39 is 0 Å². The van der Waals surface area contributed by atoms with Crippen molar-refractivity contribution >= 4 is 16.7 Å². The highest BCUT2D eigenvalue weighted by Gasteiger charge is 2.24. The van der Waals surface area contributed by atoms with E-state index in [0.717, 1.165) is 60.2 Å². The van der Waals surface area contributed by atoms with Crippen molar-refractivity contribution in [3.8, 4) is 11.5 Å². The molecule has 0 spiro atoms. The number of fused-ring (bicyclic) bond motifs is 1. The largest absolute Gasteiger partial charge is 0.493 e. The summed E-state index contributed by atoms with van der Waals surface area (Å²) in [5.41, 5.74) is 2.95. The van der Waals surface area contributed by atoms with Crippen LogP contribution in [0.15, 0.2) is 91.0 Å². The third-order valence-corrected chi connectivity index (χ3v) is 7.01. The maximum atomic E-state index is 13.4. The van der Waals surface area contributed by atoms with Crippen LogP contribution in [0.2, 0.25) is 0 Å². The third-order valence-electron chi connectivity index (χ3n) is 7.01. The van der Waals surface area contributed by atoms with Gasteiger partial charge in [-0.25, -0.2) is 0 Å². The average molecular weight is 480 g/mol. The fraction of sp³-hybridized carbons (Fsp3) is 0.281. The molecule has 4 aromatic carbocycles. The Bertz CT molecular complexity index is 1300. The molecule has 36 heavy (non-hydrogen) atoms. The first-order valence-electron chi connectivity index (χ1n) is 12.9. The number of amides is 1. The van der Waals surface area contributed by atoms with Crippen molar-refractivity contribution in [3.05, 3.63) is 108 Å². The molecule has 4 aromatic rings. The highest BCUT2D eigenvalue weighted by atomic mass is 16.5. The first-order valence-corrected chi connectivity index (χ1v) is 12.9. The number of nitrogens with zero attached hydrogens (tertiary/aromatic N) is 1. The number of carbonyl (C=O) groups excluding carboxylic acids is 1. The second-order valence-corrected chi connectivity index (χ2v) is 9.45. The lowest BCUT2D eigenvalue weighted by Gasteiger charge is -2.32. The number of piperidine rings is 1. The predicted octanol–water partition coefficient (Wildman–Crippen LogP) is 6.91. The molecule has 1 amide bonds. The average Bonchev–Trinajstić information content (AvgIpc) is 2.93. The van der Waals surface area contributed by atoms with Crippen molar-refractivity contribution in [1.82, 2.24) is 4.90 Å². The smallest absolute Gasteiger partial charge is 0.253 e. The van der Waals surface area contributed by atoms with E-state index in [-0.39, 0.29) is 5.91 Å². The molecule has 4 heteroatoms. The molecule has 184 valence electrons. The van der Waals surface area contributed by atoms with Gasteiger partial charge in [0.05, 0.1) is 6.61 Å². The maximum Gasteiger partial charge on any atom is 0.253 e. The molecule has 1 aliphatic heterocycles. The molecule has 0 N–H and O–H groups in total. The molecule has 1 saturated heterocycles. The Morgan fingerprint density at radius 3 is 2.39 bits per heavy atom. The van der Waals surface area contributed by atoms with Crippen LogP contribution in [0.4, 0.5) is 0 Å². The van der Waals surface area contributed by atoms with Gasteiger partial charge in [-0.2, -0.15) is 0 Å². The van der Waals surface area contributed by atoms with E-state index in [1.54, 1.807) is 0 Å². The minimum Gasteiger partial charge on any atom is -0.493 e. The Morgan fingerprint density at radius 2 is 1.58 bits per heavy atom.